The Morgan fingerprint density at radius 1 is 1.19 bits per heavy atom. The van der Waals surface area contributed by atoms with E-state index in [0.717, 1.165) is 17.1 Å². The maximum absolute atomic E-state index is 5.26. The molecule has 0 atom stereocenters. The summed E-state index contributed by atoms with van der Waals surface area (Å²) < 4.78 is 6.91. The predicted molar refractivity (Wildman–Crippen MR) is 79.7 cm³/mol. The maximum atomic E-state index is 5.26. The normalized spacial score (nSPS) is 11.1. The highest BCUT2D eigenvalue weighted by Crippen LogP contribution is 2.14. The monoisotopic (exact) mass is 282 g/mol. The Morgan fingerprint density at radius 2 is 2.05 bits per heavy atom. The Balaban J connectivity index is 1.79. The number of fused-ring (bicyclic) bond motifs is 1. The summed E-state index contributed by atoms with van der Waals surface area (Å²) in [6, 6.07) is 11.3. The van der Waals surface area contributed by atoms with Crippen LogP contribution >= 0.6 is 0 Å². The fraction of sp³-hybridized carbons (Fsp3) is 0.143. The van der Waals surface area contributed by atoms with Gasteiger partial charge in [0.1, 0.15) is 5.75 Å². The van der Waals surface area contributed by atoms with Gasteiger partial charge in [-0.15, -0.1) is 15.3 Å². The largest absolute Gasteiger partial charge is 0.496 e. The molecular weight excluding hydrogens is 268 g/mol. The molecule has 0 unspecified atom stereocenters. The molecule has 0 fully saturated rings. The molecule has 0 aliphatic carbocycles. The molecule has 106 valence electrons. The number of para-hydroxylation sites is 1. The van der Waals surface area contributed by atoms with Gasteiger partial charge in [0.2, 0.25) is 0 Å². The molecule has 7 nitrogen and oxygen atoms in total. The van der Waals surface area contributed by atoms with Crippen molar-refractivity contribution >= 4 is 17.7 Å². The van der Waals surface area contributed by atoms with Gasteiger partial charge < -0.3 is 4.74 Å². The van der Waals surface area contributed by atoms with Crippen LogP contribution in [-0.4, -0.2) is 33.1 Å². The first-order valence-corrected chi connectivity index (χ1v) is 6.39. The Morgan fingerprint density at radius 3 is 2.90 bits per heavy atom. The minimum absolute atomic E-state index is 0.608. The van der Waals surface area contributed by atoms with Crippen LogP contribution in [0.1, 0.15) is 11.4 Å². The van der Waals surface area contributed by atoms with Crippen LogP contribution in [-0.2, 0) is 0 Å². The van der Waals surface area contributed by atoms with Crippen molar-refractivity contribution in [2.24, 2.45) is 5.10 Å². The van der Waals surface area contributed by atoms with E-state index >= 15 is 0 Å². The first kappa shape index (κ1) is 13.0. The second-order valence-corrected chi connectivity index (χ2v) is 4.35. The second kappa shape index (κ2) is 5.58. The Kier molecular flexibility index (Phi) is 3.46. The van der Waals surface area contributed by atoms with E-state index < -0.39 is 0 Å². The van der Waals surface area contributed by atoms with Gasteiger partial charge in [0, 0.05) is 5.56 Å². The second-order valence-electron chi connectivity index (χ2n) is 4.35. The van der Waals surface area contributed by atoms with Gasteiger partial charge >= 0.3 is 0 Å². The third-order valence-corrected chi connectivity index (χ3v) is 2.94. The first-order valence-electron chi connectivity index (χ1n) is 6.39. The lowest BCUT2D eigenvalue weighted by Crippen LogP contribution is -2.00. The van der Waals surface area contributed by atoms with Crippen molar-refractivity contribution in [2.45, 2.75) is 6.92 Å². The number of hydrazone groups is 1. The number of methoxy groups -OCH3 is 1. The van der Waals surface area contributed by atoms with Gasteiger partial charge in [-0.2, -0.15) is 9.62 Å². The standard InChI is InChI=1S/C14H14N6O/c1-10-16-18-14-8-7-13(19-20(10)14)17-15-9-11-5-3-4-6-12(11)21-2/h3-9H,1-2H3,(H,17,19)/b15-9-. The molecule has 0 amide bonds. The summed E-state index contributed by atoms with van der Waals surface area (Å²) in [7, 11) is 1.63. The van der Waals surface area contributed by atoms with Crippen LogP contribution in [0.3, 0.4) is 0 Å². The minimum Gasteiger partial charge on any atom is -0.496 e. The molecule has 3 rings (SSSR count). The van der Waals surface area contributed by atoms with Crippen molar-refractivity contribution in [2.75, 3.05) is 12.5 Å². The molecule has 0 aliphatic rings. The number of rotatable bonds is 4. The van der Waals surface area contributed by atoms with E-state index in [2.05, 4.69) is 25.8 Å². The SMILES string of the molecule is COc1ccccc1/C=N\Nc1ccc2nnc(C)n2n1. The maximum Gasteiger partial charge on any atom is 0.178 e. The van der Waals surface area contributed by atoms with Gasteiger partial charge in [0.05, 0.1) is 13.3 Å². The van der Waals surface area contributed by atoms with Crippen LogP contribution < -0.4 is 10.2 Å². The Hall–Kier alpha value is -2.96. The molecule has 0 aliphatic heterocycles. The molecule has 0 spiro atoms. The molecule has 0 saturated heterocycles. The zero-order chi connectivity index (χ0) is 14.7. The quantitative estimate of drug-likeness (QED) is 0.584. The molecule has 1 N–H and O–H groups in total. The van der Waals surface area contributed by atoms with Gasteiger partial charge in [-0.25, -0.2) is 0 Å². The third-order valence-electron chi connectivity index (χ3n) is 2.94. The number of ether oxygens (including phenoxy) is 1. The van der Waals surface area contributed by atoms with E-state index in [0.29, 0.717) is 11.5 Å². The third kappa shape index (κ3) is 2.66. The van der Waals surface area contributed by atoms with Crippen LogP contribution in [0.5, 0.6) is 5.75 Å². The molecule has 7 heteroatoms. The molecule has 21 heavy (non-hydrogen) atoms. The van der Waals surface area contributed by atoms with Gasteiger partial charge in [-0.3, -0.25) is 5.43 Å². The summed E-state index contributed by atoms with van der Waals surface area (Å²) in [5.74, 6) is 2.10. The molecule has 3 aromatic rings. The summed E-state index contributed by atoms with van der Waals surface area (Å²) in [5.41, 5.74) is 4.46. The van der Waals surface area contributed by atoms with E-state index in [1.54, 1.807) is 23.9 Å². The van der Waals surface area contributed by atoms with E-state index in [1.807, 2.05) is 37.3 Å². The van der Waals surface area contributed by atoms with Crippen molar-refractivity contribution in [3.05, 3.63) is 47.8 Å². The fourth-order valence-electron chi connectivity index (χ4n) is 1.90. The Bertz CT molecular complexity index is 795. The Labute approximate surface area is 121 Å². The van der Waals surface area contributed by atoms with Crippen molar-refractivity contribution in [3.63, 3.8) is 0 Å². The van der Waals surface area contributed by atoms with Crippen LogP contribution in [0.4, 0.5) is 5.82 Å². The van der Waals surface area contributed by atoms with Crippen molar-refractivity contribution < 1.29 is 4.74 Å². The van der Waals surface area contributed by atoms with Gasteiger partial charge in [-0.1, -0.05) is 12.1 Å². The summed E-state index contributed by atoms with van der Waals surface area (Å²) in [4.78, 5) is 0. The van der Waals surface area contributed by atoms with Crippen molar-refractivity contribution in [3.8, 4) is 5.75 Å². The van der Waals surface area contributed by atoms with E-state index in [9.17, 15) is 0 Å². The number of aromatic nitrogens is 4. The predicted octanol–water partition coefficient (Wildman–Crippen LogP) is 1.89. The summed E-state index contributed by atoms with van der Waals surface area (Å²) >= 11 is 0. The van der Waals surface area contributed by atoms with Crippen LogP contribution in [0.2, 0.25) is 0 Å². The van der Waals surface area contributed by atoms with Crippen molar-refractivity contribution in [1.82, 2.24) is 19.8 Å². The van der Waals surface area contributed by atoms with E-state index in [-0.39, 0.29) is 0 Å². The van der Waals surface area contributed by atoms with E-state index in [1.165, 1.54) is 0 Å². The smallest absolute Gasteiger partial charge is 0.178 e. The lowest BCUT2D eigenvalue weighted by atomic mass is 10.2. The fourth-order valence-corrected chi connectivity index (χ4v) is 1.90. The van der Waals surface area contributed by atoms with Gasteiger partial charge in [0.25, 0.3) is 0 Å². The average molecular weight is 282 g/mol. The topological polar surface area (TPSA) is 76.7 Å². The molecule has 0 bridgehead atoms. The van der Waals surface area contributed by atoms with Gasteiger partial charge in [-0.05, 0) is 31.2 Å². The molecule has 0 radical (unpaired) electrons. The number of hydrogen-bond donors (Lipinski definition) is 1. The first-order chi connectivity index (χ1) is 10.3. The molecule has 2 heterocycles. The molecule has 0 saturated carbocycles. The molecule has 2 aromatic heterocycles. The zero-order valence-corrected chi connectivity index (χ0v) is 11.7. The molecule has 1 aromatic carbocycles. The number of aryl methyl sites for hydroxylation is 1. The van der Waals surface area contributed by atoms with E-state index in [4.69, 9.17) is 4.74 Å². The van der Waals surface area contributed by atoms with Crippen LogP contribution in [0.25, 0.3) is 5.65 Å². The number of benzene rings is 1. The highest BCUT2D eigenvalue weighted by Gasteiger charge is 2.02. The molecular formula is C14H14N6O. The van der Waals surface area contributed by atoms with Crippen molar-refractivity contribution in [1.29, 1.82) is 0 Å². The van der Waals surface area contributed by atoms with Crippen LogP contribution in [0.15, 0.2) is 41.5 Å². The average Bonchev–Trinajstić information content (AvgIpc) is 2.89. The minimum atomic E-state index is 0.608. The zero-order valence-electron chi connectivity index (χ0n) is 11.7. The summed E-state index contributed by atoms with van der Waals surface area (Å²) in [6.07, 6.45) is 1.68. The van der Waals surface area contributed by atoms with Gasteiger partial charge in [0.15, 0.2) is 17.3 Å². The lowest BCUT2D eigenvalue weighted by molar-refractivity contribution is 0.414. The summed E-state index contributed by atoms with van der Waals surface area (Å²) in [6.45, 7) is 1.84. The number of nitrogens with zero attached hydrogens (tertiary/aromatic N) is 5. The van der Waals surface area contributed by atoms with Crippen LogP contribution in [0, 0.1) is 6.92 Å². The lowest BCUT2D eigenvalue weighted by Gasteiger charge is -2.03. The number of anilines is 1. The summed E-state index contributed by atoms with van der Waals surface area (Å²) in [5, 5.41) is 16.4. The highest BCUT2D eigenvalue weighted by molar-refractivity contribution is 5.83. The number of nitrogens with one attached hydrogen (secondary N) is 1. The number of hydrogen-bond acceptors (Lipinski definition) is 6. The highest BCUT2D eigenvalue weighted by atomic mass is 16.5.